The molecule has 0 aliphatic heterocycles. The minimum absolute atomic E-state index is 0.0211. The van der Waals surface area contributed by atoms with Gasteiger partial charge in [0.25, 0.3) is 0 Å². The van der Waals surface area contributed by atoms with Crippen LogP contribution in [0.5, 0.6) is 0 Å². The highest BCUT2D eigenvalue weighted by Crippen LogP contribution is 2.30. The first-order chi connectivity index (χ1) is 12.3. The summed E-state index contributed by atoms with van der Waals surface area (Å²) in [5.74, 6) is 1.20. The van der Waals surface area contributed by atoms with E-state index in [4.69, 9.17) is 11.6 Å². The van der Waals surface area contributed by atoms with E-state index < -0.39 is 11.9 Å². The molecule has 2 aromatic rings. The lowest BCUT2D eigenvalue weighted by Crippen LogP contribution is -2.38. The molecule has 1 aromatic heterocycles. The van der Waals surface area contributed by atoms with Crippen molar-refractivity contribution in [2.45, 2.75) is 17.6 Å². The summed E-state index contributed by atoms with van der Waals surface area (Å²) >= 11 is 7.48. The number of nitrogens with zero attached hydrogens (tertiary/aromatic N) is 3. The van der Waals surface area contributed by atoms with Crippen LogP contribution in [0.3, 0.4) is 0 Å². The summed E-state index contributed by atoms with van der Waals surface area (Å²) in [5.41, 5.74) is -0.820. The lowest BCUT2D eigenvalue weighted by atomic mass is 10.2. The first-order valence-electron chi connectivity index (χ1n) is 7.72. The number of alkyl halides is 3. The van der Waals surface area contributed by atoms with Gasteiger partial charge >= 0.3 is 6.18 Å². The van der Waals surface area contributed by atoms with Crippen LogP contribution in [0, 0.1) is 0 Å². The fourth-order valence-corrected chi connectivity index (χ4v) is 3.07. The van der Waals surface area contributed by atoms with Gasteiger partial charge < -0.3 is 10.6 Å². The number of hydrogen-bond acceptors (Lipinski definition) is 3. The molecule has 26 heavy (non-hydrogen) atoms. The molecule has 0 atom stereocenters. The van der Waals surface area contributed by atoms with Gasteiger partial charge in [0.05, 0.1) is 0 Å². The van der Waals surface area contributed by atoms with Crippen molar-refractivity contribution in [3.63, 3.8) is 0 Å². The van der Waals surface area contributed by atoms with Gasteiger partial charge in [0.1, 0.15) is 0 Å². The van der Waals surface area contributed by atoms with Crippen molar-refractivity contribution in [3.05, 3.63) is 46.7 Å². The Labute approximate surface area is 159 Å². The zero-order valence-electron chi connectivity index (χ0n) is 14.3. The van der Waals surface area contributed by atoms with E-state index >= 15 is 0 Å². The average Bonchev–Trinajstić information content (AvgIpc) is 2.97. The molecule has 0 bridgehead atoms. The molecule has 0 unspecified atom stereocenters. The van der Waals surface area contributed by atoms with Crippen molar-refractivity contribution in [1.82, 2.24) is 20.4 Å². The standard InChI is InChI=1S/C16H19ClF3N5S/c1-21-15(22-7-8-26-13-5-3-12(17)4-6-13)23-9-11-10-25(2)24-14(11)16(18,19)20/h3-6,10H,7-9H2,1-2H3,(H2,21,22,23). The van der Waals surface area contributed by atoms with E-state index in [0.29, 0.717) is 17.5 Å². The third-order valence-corrected chi connectivity index (χ3v) is 4.59. The lowest BCUT2D eigenvalue weighted by molar-refractivity contribution is -0.142. The molecular weight excluding hydrogens is 387 g/mol. The molecule has 0 saturated heterocycles. The summed E-state index contributed by atoms with van der Waals surface area (Å²) in [6.07, 6.45) is -3.13. The van der Waals surface area contributed by atoms with Crippen LogP contribution < -0.4 is 10.6 Å². The fourth-order valence-electron chi connectivity index (χ4n) is 2.17. The Balaban J connectivity index is 1.80. The van der Waals surface area contributed by atoms with Crippen molar-refractivity contribution >= 4 is 29.3 Å². The number of guanidine groups is 1. The van der Waals surface area contributed by atoms with Crippen molar-refractivity contribution in [1.29, 1.82) is 0 Å². The van der Waals surface area contributed by atoms with Crippen LogP contribution in [0.2, 0.25) is 5.02 Å². The highest BCUT2D eigenvalue weighted by Gasteiger charge is 2.36. The number of aromatic nitrogens is 2. The van der Waals surface area contributed by atoms with Crippen LogP contribution in [0.15, 0.2) is 40.4 Å². The second kappa shape index (κ2) is 9.18. The molecule has 0 amide bonds. The molecular formula is C16H19ClF3N5S. The van der Waals surface area contributed by atoms with Gasteiger partial charge in [-0.2, -0.15) is 18.3 Å². The molecule has 1 aromatic carbocycles. The molecule has 0 saturated carbocycles. The third kappa shape index (κ3) is 6.14. The molecule has 0 aliphatic carbocycles. The van der Waals surface area contributed by atoms with Gasteiger partial charge in [-0.05, 0) is 24.3 Å². The Morgan fingerprint density at radius 1 is 1.27 bits per heavy atom. The van der Waals surface area contributed by atoms with Gasteiger partial charge in [-0.15, -0.1) is 11.8 Å². The predicted molar refractivity (Wildman–Crippen MR) is 98.6 cm³/mol. The van der Waals surface area contributed by atoms with Gasteiger partial charge in [0, 0.05) is 54.6 Å². The fraction of sp³-hybridized carbons (Fsp3) is 0.375. The zero-order valence-corrected chi connectivity index (χ0v) is 15.8. The van der Waals surface area contributed by atoms with Crippen LogP contribution in [0.25, 0.3) is 0 Å². The minimum atomic E-state index is -4.48. The Morgan fingerprint density at radius 3 is 2.58 bits per heavy atom. The normalized spacial score (nSPS) is 12.3. The van der Waals surface area contributed by atoms with Gasteiger partial charge in [-0.25, -0.2) is 0 Å². The van der Waals surface area contributed by atoms with E-state index in [0.717, 1.165) is 15.3 Å². The molecule has 10 heteroatoms. The Kier molecular flexibility index (Phi) is 7.22. The van der Waals surface area contributed by atoms with E-state index in [1.54, 1.807) is 18.8 Å². The molecule has 2 rings (SSSR count). The molecule has 5 nitrogen and oxygen atoms in total. The maximum Gasteiger partial charge on any atom is 0.435 e. The monoisotopic (exact) mass is 405 g/mol. The molecule has 142 valence electrons. The van der Waals surface area contributed by atoms with Crippen LogP contribution in [0.4, 0.5) is 13.2 Å². The molecule has 1 heterocycles. The second-order valence-electron chi connectivity index (χ2n) is 5.33. The number of rotatable bonds is 6. The smallest absolute Gasteiger partial charge is 0.356 e. The summed E-state index contributed by atoms with van der Waals surface area (Å²) in [7, 11) is 3.02. The lowest BCUT2D eigenvalue weighted by Gasteiger charge is -2.12. The molecule has 0 fully saturated rings. The summed E-state index contributed by atoms with van der Waals surface area (Å²) in [6.45, 7) is 0.582. The van der Waals surface area contributed by atoms with E-state index in [2.05, 4.69) is 20.7 Å². The van der Waals surface area contributed by atoms with Crippen molar-refractivity contribution in [2.24, 2.45) is 12.0 Å². The maximum absolute atomic E-state index is 12.9. The summed E-state index contributed by atoms with van der Waals surface area (Å²) in [4.78, 5) is 5.10. The summed E-state index contributed by atoms with van der Waals surface area (Å²) in [5, 5.41) is 10.1. The van der Waals surface area contributed by atoms with E-state index in [1.807, 2.05) is 24.3 Å². The number of benzene rings is 1. The van der Waals surface area contributed by atoms with Crippen LogP contribution in [0.1, 0.15) is 11.3 Å². The number of nitrogens with one attached hydrogen (secondary N) is 2. The van der Waals surface area contributed by atoms with E-state index in [-0.39, 0.29) is 12.1 Å². The van der Waals surface area contributed by atoms with Crippen molar-refractivity contribution in [3.8, 4) is 0 Å². The molecule has 2 N–H and O–H groups in total. The Bertz CT molecular complexity index is 743. The summed E-state index contributed by atoms with van der Waals surface area (Å²) in [6, 6.07) is 7.51. The average molecular weight is 406 g/mol. The van der Waals surface area contributed by atoms with Gasteiger partial charge in [-0.1, -0.05) is 11.6 Å². The van der Waals surface area contributed by atoms with Crippen molar-refractivity contribution in [2.75, 3.05) is 19.3 Å². The number of halogens is 4. The Hall–Kier alpha value is -1.87. The number of aliphatic imine (C=N–C) groups is 1. The topological polar surface area (TPSA) is 54.2 Å². The SMILES string of the molecule is CN=C(NCCSc1ccc(Cl)cc1)NCc1cn(C)nc1C(F)(F)F. The van der Waals surface area contributed by atoms with Gasteiger partial charge in [0.15, 0.2) is 11.7 Å². The summed E-state index contributed by atoms with van der Waals surface area (Å²) < 4.78 is 40.0. The van der Waals surface area contributed by atoms with Crippen LogP contribution >= 0.6 is 23.4 Å². The third-order valence-electron chi connectivity index (χ3n) is 3.32. The van der Waals surface area contributed by atoms with E-state index in [1.165, 1.54) is 13.2 Å². The molecule has 0 spiro atoms. The highest BCUT2D eigenvalue weighted by molar-refractivity contribution is 7.99. The number of aryl methyl sites for hydroxylation is 1. The minimum Gasteiger partial charge on any atom is -0.356 e. The van der Waals surface area contributed by atoms with Crippen molar-refractivity contribution < 1.29 is 13.2 Å². The number of thioether (sulfide) groups is 1. The Morgan fingerprint density at radius 2 is 1.96 bits per heavy atom. The quantitative estimate of drug-likeness (QED) is 0.334. The zero-order chi connectivity index (χ0) is 19.2. The largest absolute Gasteiger partial charge is 0.435 e. The van der Waals surface area contributed by atoms with E-state index in [9.17, 15) is 13.2 Å². The first kappa shape index (κ1) is 20.4. The van der Waals surface area contributed by atoms with Crippen LogP contribution in [-0.4, -0.2) is 35.1 Å². The van der Waals surface area contributed by atoms with Gasteiger partial charge in [0.2, 0.25) is 0 Å². The second-order valence-corrected chi connectivity index (χ2v) is 6.93. The predicted octanol–water partition coefficient (Wildman–Crippen LogP) is 3.55. The van der Waals surface area contributed by atoms with Crippen LogP contribution in [-0.2, 0) is 19.8 Å². The van der Waals surface area contributed by atoms with Gasteiger partial charge in [-0.3, -0.25) is 9.67 Å². The first-order valence-corrected chi connectivity index (χ1v) is 9.08. The highest BCUT2D eigenvalue weighted by atomic mass is 35.5. The molecule has 0 radical (unpaired) electrons. The molecule has 0 aliphatic rings. The number of hydrogen-bond donors (Lipinski definition) is 2. The maximum atomic E-state index is 12.9.